The normalized spacial score (nSPS) is 29.2. The fourth-order valence-electron chi connectivity index (χ4n) is 6.22. The molecule has 0 unspecified atom stereocenters. The van der Waals surface area contributed by atoms with E-state index in [2.05, 4.69) is 22.4 Å². The second-order valence-electron chi connectivity index (χ2n) is 9.93. The van der Waals surface area contributed by atoms with E-state index in [-0.39, 0.29) is 36.2 Å². The Morgan fingerprint density at radius 1 is 1.25 bits per heavy atom. The predicted molar refractivity (Wildman–Crippen MR) is 127 cm³/mol. The number of hydrogen-bond acceptors (Lipinski definition) is 7. The van der Waals surface area contributed by atoms with E-state index in [0.29, 0.717) is 25.2 Å². The van der Waals surface area contributed by atoms with E-state index in [1.54, 1.807) is 16.0 Å². The lowest BCUT2D eigenvalue weighted by molar-refractivity contribution is -0.133. The van der Waals surface area contributed by atoms with Gasteiger partial charge in [0.1, 0.15) is 18.1 Å². The number of amides is 3. The van der Waals surface area contributed by atoms with Crippen molar-refractivity contribution in [2.75, 3.05) is 31.1 Å². The summed E-state index contributed by atoms with van der Waals surface area (Å²) in [6.45, 7) is 2.14. The third-order valence-corrected chi connectivity index (χ3v) is 8.10. The van der Waals surface area contributed by atoms with Crippen LogP contribution in [0.15, 0.2) is 36.5 Å². The third kappa shape index (κ3) is 3.19. The molecular formula is C26H25N5O5. The lowest BCUT2D eigenvalue weighted by atomic mass is 9.95. The maximum atomic E-state index is 12.5. The van der Waals surface area contributed by atoms with E-state index in [9.17, 15) is 19.6 Å². The zero-order valence-corrected chi connectivity index (χ0v) is 19.7. The fourth-order valence-corrected chi connectivity index (χ4v) is 6.22. The number of benzene rings is 1. The van der Waals surface area contributed by atoms with Crippen molar-refractivity contribution < 1.29 is 24.2 Å². The molecule has 2 aromatic rings. The molecule has 0 spiro atoms. The summed E-state index contributed by atoms with van der Waals surface area (Å²) in [5.74, 6) is -0.392. The summed E-state index contributed by atoms with van der Waals surface area (Å²) in [7, 11) is 0. The molecule has 1 aromatic heterocycles. The number of piperidine rings is 1. The molecule has 1 aliphatic carbocycles. The standard InChI is InChI=1S/C26H25N5O5/c1-14(33)28-9-22-21-7-17-6-15(2-4-20(17)31(21)25(35)36-22)16-3-5-23(29-8-16)26(13-27)18-10-30(11-19(18)26)24(34)12-32/h2-6,8,18-19,21-22,32H,7,9-12H2,1H3,(H,28,33)/t18-,19+,21-,22-,26+/m0/s1. The van der Waals surface area contributed by atoms with Gasteiger partial charge in [0.25, 0.3) is 0 Å². The maximum Gasteiger partial charge on any atom is 0.415 e. The predicted octanol–water partition coefficient (Wildman–Crippen LogP) is 0.976. The number of nitriles is 1. The van der Waals surface area contributed by atoms with E-state index in [0.717, 1.165) is 22.4 Å². The van der Waals surface area contributed by atoms with Gasteiger partial charge < -0.3 is 20.1 Å². The quantitative estimate of drug-likeness (QED) is 0.642. The van der Waals surface area contributed by atoms with Crippen molar-refractivity contribution in [1.82, 2.24) is 15.2 Å². The van der Waals surface area contributed by atoms with Crippen molar-refractivity contribution in [1.29, 1.82) is 5.26 Å². The number of carbonyl (C=O) groups excluding carboxylic acids is 3. The summed E-state index contributed by atoms with van der Waals surface area (Å²) < 4.78 is 5.47. The molecule has 3 amide bonds. The summed E-state index contributed by atoms with van der Waals surface area (Å²) in [4.78, 5) is 43.5. The molecule has 4 heterocycles. The van der Waals surface area contributed by atoms with Crippen LogP contribution in [0.5, 0.6) is 0 Å². The Morgan fingerprint density at radius 2 is 2.00 bits per heavy atom. The zero-order valence-electron chi connectivity index (χ0n) is 19.7. The van der Waals surface area contributed by atoms with Crippen LogP contribution < -0.4 is 10.2 Å². The number of rotatable bonds is 5. The number of pyridine rings is 1. The number of carbonyl (C=O) groups is 3. The highest BCUT2D eigenvalue weighted by atomic mass is 16.6. The number of nitrogens with zero attached hydrogens (tertiary/aromatic N) is 4. The molecule has 36 heavy (non-hydrogen) atoms. The number of anilines is 1. The first-order valence-electron chi connectivity index (χ1n) is 12.0. The lowest BCUT2D eigenvalue weighted by Crippen LogP contribution is -2.40. The van der Waals surface area contributed by atoms with Gasteiger partial charge >= 0.3 is 6.09 Å². The number of fused-ring (bicyclic) bond motifs is 4. The topological polar surface area (TPSA) is 136 Å². The SMILES string of the molecule is CC(=O)NC[C@@H]1OC(=O)N2c3ccc(-c4ccc([C@@]5(C#N)[C@@H]6CN(C(=O)CO)C[C@@H]65)nc4)cc3C[C@@H]12. The van der Waals surface area contributed by atoms with Crippen LogP contribution >= 0.6 is 0 Å². The van der Waals surface area contributed by atoms with Gasteiger partial charge in [-0.05, 0) is 35.7 Å². The second kappa shape index (κ2) is 8.03. The van der Waals surface area contributed by atoms with Crippen LogP contribution in [0.2, 0.25) is 0 Å². The molecule has 3 fully saturated rings. The van der Waals surface area contributed by atoms with Gasteiger partial charge in [0.05, 0.1) is 30.0 Å². The van der Waals surface area contributed by atoms with Crippen molar-refractivity contribution in [3.63, 3.8) is 0 Å². The minimum Gasteiger partial charge on any atom is -0.442 e. The first-order valence-corrected chi connectivity index (χ1v) is 12.0. The first-order chi connectivity index (χ1) is 17.4. The molecule has 0 bridgehead atoms. The highest BCUT2D eigenvalue weighted by Crippen LogP contribution is 2.62. The summed E-state index contributed by atoms with van der Waals surface area (Å²) in [5, 5.41) is 21.8. The lowest BCUT2D eigenvalue weighted by Gasteiger charge is -2.22. The monoisotopic (exact) mass is 487 g/mol. The van der Waals surface area contributed by atoms with Crippen LogP contribution in [0.1, 0.15) is 18.2 Å². The third-order valence-electron chi connectivity index (χ3n) is 8.10. The maximum absolute atomic E-state index is 12.5. The Kier molecular flexibility index (Phi) is 5.02. The Hall–Kier alpha value is -3.97. The van der Waals surface area contributed by atoms with Crippen LogP contribution in [0.25, 0.3) is 11.1 Å². The van der Waals surface area contributed by atoms with Crippen LogP contribution in [-0.2, 0) is 26.2 Å². The summed E-state index contributed by atoms with van der Waals surface area (Å²) in [5.41, 5.74) is 3.75. The average Bonchev–Trinajstić information content (AvgIpc) is 3.26. The van der Waals surface area contributed by atoms with Gasteiger partial charge in [0.2, 0.25) is 11.8 Å². The Labute approximate surface area is 207 Å². The number of aromatic nitrogens is 1. The molecule has 2 N–H and O–H groups in total. The number of ether oxygens (including phenoxy) is 1. The number of nitrogens with one attached hydrogen (secondary N) is 1. The molecule has 184 valence electrons. The van der Waals surface area contributed by atoms with Crippen molar-refractivity contribution in [3.8, 4) is 17.2 Å². The number of cyclic esters (lactones) is 1. The van der Waals surface area contributed by atoms with Crippen LogP contribution in [0, 0.1) is 23.2 Å². The second-order valence-corrected chi connectivity index (χ2v) is 9.93. The van der Waals surface area contributed by atoms with E-state index < -0.39 is 24.2 Å². The summed E-state index contributed by atoms with van der Waals surface area (Å²) in [6.07, 6.45) is 1.60. The number of hydrogen-bond donors (Lipinski definition) is 2. The molecular weight excluding hydrogens is 462 g/mol. The van der Waals surface area contributed by atoms with Gasteiger partial charge in [-0.1, -0.05) is 12.1 Å². The van der Waals surface area contributed by atoms with E-state index in [1.165, 1.54) is 6.92 Å². The molecule has 3 aliphatic heterocycles. The van der Waals surface area contributed by atoms with Gasteiger partial charge in [-0.2, -0.15) is 5.26 Å². The van der Waals surface area contributed by atoms with Gasteiger partial charge in [0.15, 0.2) is 0 Å². The minimum absolute atomic E-state index is 0.0370. The highest BCUT2D eigenvalue weighted by Gasteiger charge is 2.71. The zero-order chi connectivity index (χ0) is 25.2. The fraction of sp³-hybridized carbons (Fsp3) is 0.423. The van der Waals surface area contributed by atoms with E-state index in [1.807, 2.05) is 24.3 Å². The number of aliphatic hydroxyl groups excluding tert-OH is 1. The average molecular weight is 488 g/mol. The molecule has 2 saturated heterocycles. The molecule has 0 radical (unpaired) electrons. The van der Waals surface area contributed by atoms with Crippen molar-refractivity contribution >= 4 is 23.6 Å². The molecule has 5 atom stereocenters. The van der Waals surface area contributed by atoms with E-state index in [4.69, 9.17) is 9.84 Å². The largest absolute Gasteiger partial charge is 0.442 e. The molecule has 10 heteroatoms. The van der Waals surface area contributed by atoms with Crippen molar-refractivity contribution in [3.05, 3.63) is 47.8 Å². The highest BCUT2D eigenvalue weighted by molar-refractivity contribution is 5.94. The number of aliphatic hydroxyl groups is 1. The summed E-state index contributed by atoms with van der Waals surface area (Å²) in [6, 6.07) is 12.0. The van der Waals surface area contributed by atoms with Crippen LogP contribution in [0.4, 0.5) is 10.5 Å². The first kappa shape index (κ1) is 22.5. The molecule has 10 nitrogen and oxygen atoms in total. The Balaban J connectivity index is 1.20. The smallest absolute Gasteiger partial charge is 0.415 e. The van der Waals surface area contributed by atoms with Crippen molar-refractivity contribution in [2.45, 2.75) is 30.9 Å². The minimum atomic E-state index is -0.684. The van der Waals surface area contributed by atoms with E-state index >= 15 is 0 Å². The molecule has 1 saturated carbocycles. The Bertz CT molecular complexity index is 1310. The molecule has 4 aliphatic rings. The van der Waals surface area contributed by atoms with Gasteiger partial charge in [0, 0.05) is 43.6 Å². The molecule has 6 rings (SSSR count). The Morgan fingerprint density at radius 3 is 2.64 bits per heavy atom. The molecule has 1 aromatic carbocycles. The van der Waals surface area contributed by atoms with Gasteiger partial charge in [-0.25, -0.2) is 4.79 Å². The van der Waals surface area contributed by atoms with Crippen LogP contribution in [-0.4, -0.2) is 71.3 Å². The van der Waals surface area contributed by atoms with Gasteiger partial charge in [-0.15, -0.1) is 0 Å². The van der Waals surface area contributed by atoms with Crippen LogP contribution in [0.3, 0.4) is 0 Å². The van der Waals surface area contributed by atoms with Gasteiger partial charge in [-0.3, -0.25) is 19.5 Å². The van der Waals surface area contributed by atoms with Crippen molar-refractivity contribution in [2.24, 2.45) is 11.8 Å². The number of likely N-dealkylation sites (tertiary alicyclic amines) is 1. The summed E-state index contributed by atoms with van der Waals surface area (Å²) >= 11 is 0.